The van der Waals surface area contributed by atoms with E-state index in [0.29, 0.717) is 21.7 Å². The Bertz CT molecular complexity index is 946. The summed E-state index contributed by atoms with van der Waals surface area (Å²) in [6.07, 6.45) is -2.50. The molecule has 5 rings (SSSR count). The van der Waals surface area contributed by atoms with Crippen molar-refractivity contribution in [2.24, 2.45) is 17.3 Å². The Morgan fingerprint density at radius 1 is 1.19 bits per heavy atom. The molecule has 0 aliphatic carbocycles. The molecule has 2 aromatic rings. The van der Waals surface area contributed by atoms with Gasteiger partial charge in [0.25, 0.3) is 0 Å². The highest BCUT2D eigenvalue weighted by molar-refractivity contribution is 7.18. The first-order valence-corrected chi connectivity index (χ1v) is 11.9. The summed E-state index contributed by atoms with van der Waals surface area (Å²) in [6, 6.07) is 2.28. The summed E-state index contributed by atoms with van der Waals surface area (Å²) >= 11 is 1.13. The average Bonchev–Trinajstić information content (AvgIpc) is 3.21. The Balaban J connectivity index is 1.29. The summed E-state index contributed by atoms with van der Waals surface area (Å²) in [4.78, 5) is 17.0. The van der Waals surface area contributed by atoms with Crippen molar-refractivity contribution in [3.05, 3.63) is 17.3 Å². The van der Waals surface area contributed by atoms with E-state index in [1.165, 1.54) is 19.4 Å². The van der Waals surface area contributed by atoms with Gasteiger partial charge in [-0.15, -0.1) is 11.3 Å². The maximum absolute atomic E-state index is 12.8. The first-order chi connectivity index (χ1) is 14.6. The van der Waals surface area contributed by atoms with Crippen molar-refractivity contribution in [3.8, 4) is 0 Å². The molecule has 2 aromatic heterocycles. The molecule has 5 nitrogen and oxygen atoms in total. The fourth-order valence-corrected chi connectivity index (χ4v) is 7.08. The third kappa shape index (κ3) is 4.04. The lowest BCUT2D eigenvalue weighted by Gasteiger charge is -2.57. The quantitative estimate of drug-likeness (QED) is 0.686. The topological polar surface area (TPSA) is 35.5 Å². The van der Waals surface area contributed by atoms with Crippen molar-refractivity contribution in [2.75, 3.05) is 51.2 Å². The number of rotatable bonds is 5. The monoisotopic (exact) mass is 453 g/mol. The molecule has 0 unspecified atom stereocenters. The molecule has 5 heterocycles. The van der Waals surface area contributed by atoms with Crippen LogP contribution in [0, 0.1) is 17.3 Å². The zero-order valence-electron chi connectivity index (χ0n) is 18.3. The number of thiophene rings is 1. The molecular formula is C22H30F3N5S. The maximum Gasteiger partial charge on any atom is 0.393 e. The van der Waals surface area contributed by atoms with Gasteiger partial charge in [0.15, 0.2) is 0 Å². The second kappa shape index (κ2) is 7.56. The predicted octanol–water partition coefficient (Wildman–Crippen LogP) is 3.89. The minimum atomic E-state index is -4.20. The lowest BCUT2D eigenvalue weighted by atomic mass is 9.74. The molecule has 3 aliphatic heterocycles. The van der Waals surface area contributed by atoms with Crippen LogP contribution in [0.1, 0.15) is 25.1 Å². The molecule has 0 aromatic carbocycles. The normalized spacial score (nSPS) is 23.6. The standard InChI is InChI=1S/C22H30F3N5S/c1-14(2)18(15-8-28(3)9-15)30-11-21(12-30)4-5-29(10-21)19-17-6-16(7-22(23,24)25)31-20(17)27-13-26-19/h6,13-15,18H,4-5,7-12H2,1-3H3/t18-/m0/s1. The van der Waals surface area contributed by atoms with Crippen molar-refractivity contribution in [3.63, 3.8) is 0 Å². The van der Waals surface area contributed by atoms with Gasteiger partial charge in [-0.1, -0.05) is 13.8 Å². The van der Waals surface area contributed by atoms with Gasteiger partial charge in [0, 0.05) is 61.5 Å². The molecule has 1 spiro atoms. The van der Waals surface area contributed by atoms with Crippen LogP contribution in [0.2, 0.25) is 0 Å². The van der Waals surface area contributed by atoms with Crippen molar-refractivity contribution in [1.82, 2.24) is 19.8 Å². The Labute approximate surface area is 185 Å². The SMILES string of the molecule is CC(C)[C@@H](C1CN(C)C1)N1CC2(CCN(c3ncnc4sc(CC(F)(F)F)cc34)C2)C1. The minimum absolute atomic E-state index is 0.283. The van der Waals surface area contributed by atoms with Gasteiger partial charge in [-0.25, -0.2) is 9.97 Å². The predicted molar refractivity (Wildman–Crippen MR) is 118 cm³/mol. The fourth-order valence-electron chi connectivity index (χ4n) is 6.06. The van der Waals surface area contributed by atoms with Gasteiger partial charge in [0.2, 0.25) is 0 Å². The third-order valence-corrected chi connectivity index (χ3v) is 8.27. The van der Waals surface area contributed by atoms with E-state index in [-0.39, 0.29) is 5.41 Å². The summed E-state index contributed by atoms with van der Waals surface area (Å²) in [5.41, 5.74) is 0.283. The van der Waals surface area contributed by atoms with E-state index in [0.717, 1.165) is 61.1 Å². The van der Waals surface area contributed by atoms with Crippen LogP contribution >= 0.6 is 11.3 Å². The molecule has 3 fully saturated rings. The summed E-state index contributed by atoms with van der Waals surface area (Å²) in [7, 11) is 2.19. The van der Waals surface area contributed by atoms with Gasteiger partial charge in [-0.05, 0) is 25.5 Å². The Morgan fingerprint density at radius 3 is 2.58 bits per heavy atom. The van der Waals surface area contributed by atoms with Gasteiger partial charge in [0.1, 0.15) is 17.0 Å². The van der Waals surface area contributed by atoms with Crippen LogP contribution in [-0.2, 0) is 6.42 Å². The molecule has 31 heavy (non-hydrogen) atoms. The van der Waals surface area contributed by atoms with Crippen molar-refractivity contribution in [1.29, 1.82) is 0 Å². The van der Waals surface area contributed by atoms with Crippen molar-refractivity contribution in [2.45, 2.75) is 38.9 Å². The number of likely N-dealkylation sites (tertiary alicyclic amines) is 2. The second-order valence-electron chi connectivity index (χ2n) is 10.2. The number of fused-ring (bicyclic) bond motifs is 1. The summed E-state index contributed by atoms with van der Waals surface area (Å²) in [6.45, 7) is 11.1. The van der Waals surface area contributed by atoms with Crippen LogP contribution in [-0.4, -0.2) is 78.3 Å². The Kier molecular flexibility index (Phi) is 5.22. The van der Waals surface area contributed by atoms with Gasteiger partial charge in [-0.3, -0.25) is 4.90 Å². The highest BCUT2D eigenvalue weighted by Gasteiger charge is 2.52. The minimum Gasteiger partial charge on any atom is -0.355 e. The zero-order chi connectivity index (χ0) is 22.0. The van der Waals surface area contributed by atoms with Crippen LogP contribution < -0.4 is 4.90 Å². The summed E-state index contributed by atoms with van der Waals surface area (Å²) in [5.74, 6) is 2.21. The largest absolute Gasteiger partial charge is 0.393 e. The molecule has 0 amide bonds. The average molecular weight is 454 g/mol. The van der Waals surface area contributed by atoms with E-state index < -0.39 is 12.6 Å². The molecule has 9 heteroatoms. The lowest BCUT2D eigenvalue weighted by Crippen LogP contribution is -2.67. The number of halogens is 3. The highest BCUT2D eigenvalue weighted by Crippen LogP contribution is 2.45. The molecule has 3 saturated heterocycles. The van der Waals surface area contributed by atoms with E-state index in [4.69, 9.17) is 0 Å². The second-order valence-corrected chi connectivity index (χ2v) is 11.3. The van der Waals surface area contributed by atoms with Gasteiger partial charge >= 0.3 is 6.18 Å². The van der Waals surface area contributed by atoms with E-state index in [2.05, 4.69) is 45.6 Å². The number of aromatic nitrogens is 2. The van der Waals surface area contributed by atoms with Gasteiger partial charge < -0.3 is 9.80 Å². The molecule has 0 saturated carbocycles. The smallest absolute Gasteiger partial charge is 0.355 e. The van der Waals surface area contributed by atoms with E-state index in [1.807, 2.05) is 0 Å². The number of hydrogen-bond donors (Lipinski definition) is 0. The Hall–Kier alpha value is -1.45. The van der Waals surface area contributed by atoms with Crippen LogP contribution in [0.3, 0.4) is 0 Å². The zero-order valence-corrected chi connectivity index (χ0v) is 19.1. The molecule has 0 N–H and O–H groups in total. The Morgan fingerprint density at radius 2 is 1.94 bits per heavy atom. The van der Waals surface area contributed by atoms with Gasteiger partial charge in [-0.2, -0.15) is 13.2 Å². The molecule has 1 atom stereocenters. The first kappa shape index (κ1) is 21.4. The van der Waals surface area contributed by atoms with E-state index in [1.54, 1.807) is 6.07 Å². The van der Waals surface area contributed by atoms with E-state index >= 15 is 0 Å². The lowest BCUT2D eigenvalue weighted by molar-refractivity contribution is -0.126. The molecule has 170 valence electrons. The van der Waals surface area contributed by atoms with Crippen LogP contribution in [0.5, 0.6) is 0 Å². The fraction of sp³-hybridized carbons (Fsp3) is 0.727. The van der Waals surface area contributed by atoms with Crippen LogP contribution in [0.25, 0.3) is 10.2 Å². The van der Waals surface area contributed by atoms with Crippen LogP contribution in [0.15, 0.2) is 12.4 Å². The third-order valence-electron chi connectivity index (χ3n) is 7.23. The molecule has 3 aliphatic rings. The summed E-state index contributed by atoms with van der Waals surface area (Å²) in [5, 5.41) is 0.762. The molecule has 0 radical (unpaired) electrons. The van der Waals surface area contributed by atoms with E-state index in [9.17, 15) is 13.2 Å². The molecule has 0 bridgehead atoms. The first-order valence-electron chi connectivity index (χ1n) is 11.1. The molecular weight excluding hydrogens is 423 g/mol. The summed E-state index contributed by atoms with van der Waals surface area (Å²) < 4.78 is 38.5. The van der Waals surface area contributed by atoms with Gasteiger partial charge in [0.05, 0.1) is 11.8 Å². The number of nitrogens with zero attached hydrogens (tertiary/aromatic N) is 5. The maximum atomic E-state index is 12.8. The number of alkyl halides is 3. The highest BCUT2D eigenvalue weighted by atomic mass is 32.1. The number of hydrogen-bond acceptors (Lipinski definition) is 6. The number of anilines is 1. The van der Waals surface area contributed by atoms with Crippen molar-refractivity contribution < 1.29 is 13.2 Å². The van der Waals surface area contributed by atoms with Crippen LogP contribution in [0.4, 0.5) is 19.0 Å². The van der Waals surface area contributed by atoms with Crippen molar-refractivity contribution >= 4 is 27.4 Å².